The van der Waals surface area contributed by atoms with Crippen LogP contribution < -0.4 is 19.3 Å². The van der Waals surface area contributed by atoms with Crippen molar-refractivity contribution in [2.45, 2.75) is 12.8 Å². The standard InChI is InChI=1S/C27H27ClN2O6/c1-35-23-13-9-21(10-14-23)29(17-3-4-26(32)33)25(31)18-30(22-11-15-24(36-2)16-12-22)27(34)19-5-7-20(28)8-6-19/h5-16H,3-4,17-18H2,1-2H3,(H,32,33). The molecule has 3 aromatic rings. The molecule has 0 fully saturated rings. The van der Waals surface area contributed by atoms with Crippen molar-refractivity contribution in [2.24, 2.45) is 0 Å². The highest BCUT2D eigenvalue weighted by Gasteiger charge is 2.25. The molecule has 9 heteroatoms. The minimum atomic E-state index is -0.949. The highest BCUT2D eigenvalue weighted by atomic mass is 35.5. The number of aliphatic carboxylic acids is 1. The van der Waals surface area contributed by atoms with Gasteiger partial charge in [-0.2, -0.15) is 0 Å². The van der Waals surface area contributed by atoms with Gasteiger partial charge < -0.3 is 19.5 Å². The van der Waals surface area contributed by atoms with Crippen molar-refractivity contribution in [3.05, 3.63) is 83.4 Å². The van der Waals surface area contributed by atoms with Crippen LogP contribution in [0, 0.1) is 0 Å². The molecule has 0 saturated heterocycles. The average Bonchev–Trinajstić information content (AvgIpc) is 2.90. The number of carboxylic acids is 1. The fraction of sp³-hybridized carbons (Fsp3) is 0.222. The average molecular weight is 511 g/mol. The molecule has 0 spiro atoms. The van der Waals surface area contributed by atoms with Gasteiger partial charge in [-0.3, -0.25) is 19.3 Å². The molecule has 8 nitrogen and oxygen atoms in total. The normalized spacial score (nSPS) is 10.4. The maximum absolute atomic E-state index is 13.6. The van der Waals surface area contributed by atoms with Crippen LogP contribution in [0.15, 0.2) is 72.8 Å². The molecule has 36 heavy (non-hydrogen) atoms. The first-order valence-corrected chi connectivity index (χ1v) is 11.6. The van der Waals surface area contributed by atoms with Gasteiger partial charge in [0.15, 0.2) is 0 Å². The number of hydrogen-bond acceptors (Lipinski definition) is 5. The van der Waals surface area contributed by atoms with Gasteiger partial charge in [0.25, 0.3) is 5.91 Å². The van der Waals surface area contributed by atoms with E-state index in [1.54, 1.807) is 87.0 Å². The van der Waals surface area contributed by atoms with Gasteiger partial charge in [-0.25, -0.2) is 0 Å². The van der Waals surface area contributed by atoms with E-state index in [1.807, 2.05) is 0 Å². The van der Waals surface area contributed by atoms with Crippen molar-refractivity contribution in [2.75, 3.05) is 37.1 Å². The van der Waals surface area contributed by atoms with E-state index in [1.165, 1.54) is 9.80 Å². The molecule has 0 heterocycles. The molecule has 0 unspecified atom stereocenters. The summed E-state index contributed by atoms with van der Waals surface area (Å²) in [6.45, 7) is -0.101. The molecule has 2 amide bonds. The molecule has 0 aliphatic rings. The lowest BCUT2D eigenvalue weighted by Gasteiger charge is -2.28. The predicted octanol–water partition coefficient (Wildman–Crippen LogP) is 4.90. The Labute approximate surface area is 214 Å². The van der Waals surface area contributed by atoms with E-state index < -0.39 is 5.97 Å². The molecule has 1 N–H and O–H groups in total. The molecule has 3 rings (SSSR count). The van der Waals surface area contributed by atoms with Crippen LogP contribution >= 0.6 is 11.6 Å². The number of hydrogen-bond donors (Lipinski definition) is 1. The Morgan fingerprint density at radius 1 is 0.778 bits per heavy atom. The van der Waals surface area contributed by atoms with Crippen LogP contribution in [0.5, 0.6) is 11.5 Å². The van der Waals surface area contributed by atoms with Crippen LogP contribution in [-0.2, 0) is 9.59 Å². The Kier molecular flexibility index (Phi) is 9.30. The van der Waals surface area contributed by atoms with Gasteiger partial charge >= 0.3 is 5.97 Å². The molecule has 0 aliphatic heterocycles. The summed E-state index contributed by atoms with van der Waals surface area (Å²) in [5.41, 5.74) is 1.44. The first kappa shape index (κ1) is 26.6. The zero-order valence-corrected chi connectivity index (χ0v) is 20.8. The SMILES string of the molecule is COc1ccc(N(CCCC(=O)O)C(=O)CN(C(=O)c2ccc(Cl)cc2)c2ccc(OC)cc2)cc1. The Morgan fingerprint density at radius 3 is 1.75 bits per heavy atom. The summed E-state index contributed by atoms with van der Waals surface area (Å²) in [5.74, 6) is -0.476. The van der Waals surface area contributed by atoms with Gasteiger partial charge in [0.05, 0.1) is 14.2 Å². The number of benzene rings is 3. The molecular formula is C27H27ClN2O6. The lowest BCUT2D eigenvalue weighted by Crippen LogP contribution is -2.43. The minimum Gasteiger partial charge on any atom is -0.497 e. The van der Waals surface area contributed by atoms with Gasteiger partial charge in [-0.1, -0.05) is 11.6 Å². The minimum absolute atomic E-state index is 0.0914. The zero-order valence-electron chi connectivity index (χ0n) is 20.0. The summed E-state index contributed by atoms with van der Waals surface area (Å²) < 4.78 is 10.4. The molecular weight excluding hydrogens is 484 g/mol. The molecule has 3 aromatic carbocycles. The van der Waals surface area contributed by atoms with Gasteiger partial charge in [0.2, 0.25) is 5.91 Å². The van der Waals surface area contributed by atoms with E-state index in [4.69, 9.17) is 26.2 Å². The first-order chi connectivity index (χ1) is 17.3. The second-order valence-electron chi connectivity index (χ2n) is 7.84. The van der Waals surface area contributed by atoms with Gasteiger partial charge in [-0.05, 0) is 79.2 Å². The van der Waals surface area contributed by atoms with Crippen LogP contribution in [0.1, 0.15) is 23.2 Å². The van der Waals surface area contributed by atoms with Crippen molar-refractivity contribution < 1.29 is 29.0 Å². The number of rotatable bonds is 11. The van der Waals surface area contributed by atoms with Crippen LogP contribution in [0.3, 0.4) is 0 Å². The fourth-order valence-electron chi connectivity index (χ4n) is 3.56. The number of methoxy groups -OCH3 is 2. The van der Waals surface area contributed by atoms with E-state index in [-0.39, 0.29) is 37.7 Å². The third-order valence-electron chi connectivity index (χ3n) is 5.47. The van der Waals surface area contributed by atoms with E-state index in [0.29, 0.717) is 33.5 Å². The number of carbonyl (C=O) groups is 3. The quantitative estimate of drug-likeness (QED) is 0.394. The third-order valence-corrected chi connectivity index (χ3v) is 5.72. The predicted molar refractivity (Wildman–Crippen MR) is 138 cm³/mol. The van der Waals surface area contributed by atoms with Crippen molar-refractivity contribution >= 4 is 40.8 Å². The molecule has 188 valence electrons. The second kappa shape index (κ2) is 12.6. The number of nitrogens with zero attached hydrogens (tertiary/aromatic N) is 2. The van der Waals surface area contributed by atoms with Crippen LogP contribution in [0.25, 0.3) is 0 Å². The van der Waals surface area contributed by atoms with Gasteiger partial charge in [-0.15, -0.1) is 0 Å². The lowest BCUT2D eigenvalue weighted by atomic mass is 10.1. The number of carbonyl (C=O) groups excluding carboxylic acids is 2. The van der Waals surface area contributed by atoms with Gasteiger partial charge in [0, 0.05) is 34.9 Å². The maximum atomic E-state index is 13.6. The van der Waals surface area contributed by atoms with E-state index >= 15 is 0 Å². The van der Waals surface area contributed by atoms with Gasteiger partial charge in [0.1, 0.15) is 18.0 Å². The van der Waals surface area contributed by atoms with Crippen molar-refractivity contribution in [1.29, 1.82) is 0 Å². The summed E-state index contributed by atoms with van der Waals surface area (Å²) >= 11 is 5.98. The Morgan fingerprint density at radius 2 is 1.28 bits per heavy atom. The Bertz CT molecular complexity index is 1180. The monoisotopic (exact) mass is 510 g/mol. The summed E-state index contributed by atoms with van der Waals surface area (Å²) in [7, 11) is 3.08. The fourth-order valence-corrected chi connectivity index (χ4v) is 3.69. The Balaban J connectivity index is 1.93. The number of carboxylic acid groups (broad SMARTS) is 1. The summed E-state index contributed by atoms with van der Waals surface area (Å²) in [6, 6.07) is 20.1. The van der Waals surface area contributed by atoms with Crippen molar-refractivity contribution in [3.63, 3.8) is 0 Å². The topological polar surface area (TPSA) is 96.4 Å². The molecule has 0 radical (unpaired) electrons. The van der Waals surface area contributed by atoms with Crippen LogP contribution in [-0.4, -0.2) is 50.2 Å². The summed E-state index contributed by atoms with van der Waals surface area (Å²) in [5, 5.41) is 9.56. The molecule has 0 saturated carbocycles. The zero-order chi connectivity index (χ0) is 26.1. The van der Waals surface area contributed by atoms with E-state index in [2.05, 4.69) is 0 Å². The Hall–Kier alpha value is -4.04. The second-order valence-corrected chi connectivity index (χ2v) is 8.27. The number of anilines is 2. The third kappa shape index (κ3) is 6.99. The summed E-state index contributed by atoms with van der Waals surface area (Å²) in [4.78, 5) is 41.0. The van der Waals surface area contributed by atoms with Crippen molar-refractivity contribution in [3.8, 4) is 11.5 Å². The smallest absolute Gasteiger partial charge is 0.303 e. The first-order valence-electron chi connectivity index (χ1n) is 11.2. The molecule has 0 aliphatic carbocycles. The molecule has 0 atom stereocenters. The molecule has 0 aromatic heterocycles. The van der Waals surface area contributed by atoms with Crippen LogP contribution in [0.4, 0.5) is 11.4 Å². The van der Waals surface area contributed by atoms with Crippen LogP contribution in [0.2, 0.25) is 5.02 Å². The highest BCUT2D eigenvalue weighted by molar-refractivity contribution is 6.30. The number of halogens is 1. The highest BCUT2D eigenvalue weighted by Crippen LogP contribution is 2.24. The number of amides is 2. The molecule has 0 bridgehead atoms. The maximum Gasteiger partial charge on any atom is 0.303 e. The van der Waals surface area contributed by atoms with Crippen molar-refractivity contribution in [1.82, 2.24) is 0 Å². The summed E-state index contributed by atoms with van der Waals surface area (Å²) in [6.07, 6.45) is 0.159. The largest absolute Gasteiger partial charge is 0.497 e. The van der Waals surface area contributed by atoms with E-state index in [9.17, 15) is 14.4 Å². The van der Waals surface area contributed by atoms with E-state index in [0.717, 1.165) is 0 Å². The number of ether oxygens (including phenoxy) is 2. The lowest BCUT2D eigenvalue weighted by molar-refractivity contribution is -0.137.